The number of rotatable bonds is 5. The van der Waals surface area contributed by atoms with Crippen LogP contribution in [0.4, 0.5) is 0 Å². The number of carbonyl (C=O) groups excluding carboxylic acids is 1. The highest BCUT2D eigenvalue weighted by atomic mass is 16.5. The van der Waals surface area contributed by atoms with E-state index in [0.29, 0.717) is 18.4 Å². The molecule has 1 heterocycles. The molecule has 2 bridgehead atoms. The SMILES string of the molecule is CCOc1cc([C@H]2OCC[C@@]34C[C@@H](C[C@H]23)C(C)(C)[C@@H]4NC(C)=O)c(C)cc1OC. The molecule has 1 aromatic carbocycles. The van der Waals surface area contributed by atoms with E-state index in [1.807, 2.05) is 6.92 Å². The molecule has 2 aliphatic carbocycles. The number of hydrogen-bond donors (Lipinski definition) is 1. The summed E-state index contributed by atoms with van der Waals surface area (Å²) in [7, 11) is 1.68. The van der Waals surface area contributed by atoms with Gasteiger partial charge in [0.2, 0.25) is 5.91 Å². The first kappa shape index (κ1) is 20.5. The number of fused-ring (bicyclic) bond motifs is 1. The number of nitrogens with one attached hydrogen (secondary N) is 1. The Hall–Kier alpha value is -1.75. The number of benzene rings is 1. The summed E-state index contributed by atoms with van der Waals surface area (Å²) in [6.45, 7) is 11.8. The predicted molar refractivity (Wildman–Crippen MR) is 112 cm³/mol. The maximum Gasteiger partial charge on any atom is 0.217 e. The van der Waals surface area contributed by atoms with E-state index in [4.69, 9.17) is 14.2 Å². The fourth-order valence-corrected chi connectivity index (χ4v) is 6.71. The molecule has 1 spiro atoms. The van der Waals surface area contributed by atoms with E-state index in [1.165, 1.54) is 17.5 Å². The first-order chi connectivity index (χ1) is 13.7. The molecule has 1 amide bonds. The van der Waals surface area contributed by atoms with Crippen molar-refractivity contribution in [3.63, 3.8) is 0 Å². The summed E-state index contributed by atoms with van der Waals surface area (Å²) >= 11 is 0. The largest absolute Gasteiger partial charge is 0.493 e. The van der Waals surface area contributed by atoms with Crippen molar-refractivity contribution in [2.75, 3.05) is 20.3 Å². The van der Waals surface area contributed by atoms with Crippen LogP contribution < -0.4 is 14.8 Å². The number of aryl methyl sites for hydroxylation is 1. The molecule has 5 nitrogen and oxygen atoms in total. The van der Waals surface area contributed by atoms with E-state index in [1.54, 1.807) is 14.0 Å². The van der Waals surface area contributed by atoms with Crippen LogP contribution in [0.15, 0.2) is 12.1 Å². The Labute approximate surface area is 174 Å². The molecule has 160 valence electrons. The van der Waals surface area contributed by atoms with Gasteiger partial charge in [-0.15, -0.1) is 0 Å². The highest BCUT2D eigenvalue weighted by Gasteiger charge is 2.68. The maximum absolute atomic E-state index is 12.1. The van der Waals surface area contributed by atoms with Gasteiger partial charge < -0.3 is 19.5 Å². The van der Waals surface area contributed by atoms with Gasteiger partial charge in [-0.1, -0.05) is 13.8 Å². The molecule has 0 radical (unpaired) electrons. The van der Waals surface area contributed by atoms with Crippen molar-refractivity contribution in [2.24, 2.45) is 22.7 Å². The predicted octanol–water partition coefficient (Wildman–Crippen LogP) is 4.42. The Morgan fingerprint density at radius 3 is 2.72 bits per heavy atom. The van der Waals surface area contributed by atoms with Gasteiger partial charge in [0.25, 0.3) is 0 Å². The smallest absolute Gasteiger partial charge is 0.217 e. The molecule has 5 heteroatoms. The van der Waals surface area contributed by atoms with Crippen LogP contribution >= 0.6 is 0 Å². The van der Waals surface area contributed by atoms with E-state index in [0.717, 1.165) is 30.9 Å². The van der Waals surface area contributed by atoms with Crippen LogP contribution in [0.5, 0.6) is 11.5 Å². The molecule has 1 N–H and O–H groups in total. The number of methoxy groups -OCH3 is 1. The van der Waals surface area contributed by atoms with Crippen molar-refractivity contribution in [2.45, 2.75) is 66.0 Å². The summed E-state index contributed by atoms with van der Waals surface area (Å²) in [4.78, 5) is 12.1. The molecule has 5 atom stereocenters. The van der Waals surface area contributed by atoms with E-state index >= 15 is 0 Å². The molecular formula is C24H35NO4. The fraction of sp³-hybridized carbons (Fsp3) is 0.708. The van der Waals surface area contributed by atoms with E-state index in [2.05, 4.69) is 38.2 Å². The summed E-state index contributed by atoms with van der Waals surface area (Å²) in [5, 5.41) is 3.35. The fourth-order valence-electron chi connectivity index (χ4n) is 6.71. The van der Waals surface area contributed by atoms with Gasteiger partial charge in [0, 0.05) is 19.6 Å². The minimum Gasteiger partial charge on any atom is -0.493 e. The molecule has 29 heavy (non-hydrogen) atoms. The molecule has 1 aromatic rings. The standard InChI is InChI=1S/C24H35NO4/c1-7-28-20-12-17(14(2)10-19(20)27-6)21-18-11-16-13-24(18,8-9-29-21)22(23(16,4)5)25-15(3)26/h10,12,16,18,21-22H,7-9,11,13H2,1-6H3,(H,25,26)/t16-,18-,21-,22+,24-/m1/s1. The lowest BCUT2D eigenvalue weighted by molar-refractivity contribution is -0.136. The zero-order chi connectivity index (χ0) is 21.0. The second kappa shape index (κ2) is 7.19. The highest BCUT2D eigenvalue weighted by molar-refractivity contribution is 5.73. The molecule has 4 rings (SSSR count). The zero-order valence-electron chi connectivity index (χ0n) is 18.6. The van der Waals surface area contributed by atoms with Crippen LogP contribution in [0.25, 0.3) is 0 Å². The molecule has 0 unspecified atom stereocenters. The number of hydrogen-bond acceptors (Lipinski definition) is 4. The molecule has 3 aliphatic rings. The van der Waals surface area contributed by atoms with Gasteiger partial charge in [-0.2, -0.15) is 0 Å². The van der Waals surface area contributed by atoms with Crippen molar-refractivity contribution in [1.82, 2.24) is 5.32 Å². The van der Waals surface area contributed by atoms with Gasteiger partial charge >= 0.3 is 0 Å². The Morgan fingerprint density at radius 1 is 1.31 bits per heavy atom. The summed E-state index contributed by atoms with van der Waals surface area (Å²) in [6.07, 6.45) is 3.39. The topological polar surface area (TPSA) is 56.8 Å². The van der Waals surface area contributed by atoms with Gasteiger partial charge in [0.15, 0.2) is 11.5 Å². The average Bonchev–Trinajstić information content (AvgIpc) is 3.15. The van der Waals surface area contributed by atoms with Crippen molar-refractivity contribution in [1.29, 1.82) is 0 Å². The van der Waals surface area contributed by atoms with Crippen molar-refractivity contribution >= 4 is 5.91 Å². The Morgan fingerprint density at radius 2 is 2.07 bits per heavy atom. The Kier molecular flexibility index (Phi) is 5.09. The number of amides is 1. The maximum atomic E-state index is 12.1. The van der Waals surface area contributed by atoms with Crippen LogP contribution in [-0.4, -0.2) is 32.3 Å². The summed E-state index contributed by atoms with van der Waals surface area (Å²) in [5.74, 6) is 2.64. The summed E-state index contributed by atoms with van der Waals surface area (Å²) in [5.41, 5.74) is 2.60. The number of carbonyl (C=O) groups is 1. The third-order valence-corrected chi connectivity index (χ3v) is 8.01. The van der Waals surface area contributed by atoms with Crippen molar-refractivity contribution < 1.29 is 19.0 Å². The molecule has 1 aliphatic heterocycles. The number of ether oxygens (including phenoxy) is 3. The lowest BCUT2D eigenvalue weighted by atomic mass is 9.58. The summed E-state index contributed by atoms with van der Waals surface area (Å²) < 4.78 is 17.8. The highest BCUT2D eigenvalue weighted by Crippen LogP contribution is 2.70. The Bertz CT molecular complexity index is 804. The molecular weight excluding hydrogens is 366 g/mol. The first-order valence-electron chi connectivity index (χ1n) is 10.9. The third kappa shape index (κ3) is 3.04. The van der Waals surface area contributed by atoms with Crippen LogP contribution in [0.3, 0.4) is 0 Å². The van der Waals surface area contributed by atoms with Crippen LogP contribution in [0.1, 0.15) is 64.2 Å². The lowest BCUT2D eigenvalue weighted by Gasteiger charge is -2.53. The molecule has 3 fully saturated rings. The average molecular weight is 402 g/mol. The van der Waals surface area contributed by atoms with Gasteiger partial charge in [-0.05, 0) is 79.0 Å². The van der Waals surface area contributed by atoms with Crippen LogP contribution in [0.2, 0.25) is 0 Å². The van der Waals surface area contributed by atoms with Crippen molar-refractivity contribution in [3.05, 3.63) is 23.3 Å². The van der Waals surface area contributed by atoms with E-state index in [9.17, 15) is 4.79 Å². The monoisotopic (exact) mass is 401 g/mol. The molecule has 2 saturated carbocycles. The Balaban J connectivity index is 1.73. The van der Waals surface area contributed by atoms with Gasteiger partial charge in [-0.3, -0.25) is 4.79 Å². The quantitative estimate of drug-likeness (QED) is 0.793. The minimum atomic E-state index is 0.0335. The van der Waals surface area contributed by atoms with Gasteiger partial charge in [-0.25, -0.2) is 0 Å². The lowest BCUT2D eigenvalue weighted by Crippen LogP contribution is -2.58. The van der Waals surface area contributed by atoms with Gasteiger partial charge in [0.05, 0.1) is 19.8 Å². The zero-order valence-corrected chi connectivity index (χ0v) is 18.6. The van der Waals surface area contributed by atoms with E-state index in [-0.39, 0.29) is 28.9 Å². The molecule has 1 saturated heterocycles. The van der Waals surface area contributed by atoms with Crippen LogP contribution in [-0.2, 0) is 9.53 Å². The second-order valence-electron chi connectivity index (χ2n) is 9.77. The normalized spacial score (nSPS) is 34.6. The third-order valence-electron chi connectivity index (χ3n) is 8.01. The summed E-state index contributed by atoms with van der Waals surface area (Å²) in [6, 6.07) is 4.38. The van der Waals surface area contributed by atoms with Gasteiger partial charge in [0.1, 0.15) is 0 Å². The van der Waals surface area contributed by atoms with Crippen molar-refractivity contribution in [3.8, 4) is 11.5 Å². The van der Waals surface area contributed by atoms with Crippen LogP contribution in [0, 0.1) is 29.6 Å². The second-order valence-corrected chi connectivity index (χ2v) is 9.77. The van der Waals surface area contributed by atoms with E-state index < -0.39 is 0 Å². The first-order valence-corrected chi connectivity index (χ1v) is 10.9. The minimum absolute atomic E-state index is 0.0335. The molecule has 0 aromatic heterocycles.